The van der Waals surface area contributed by atoms with Crippen molar-refractivity contribution in [1.29, 1.82) is 0 Å². The van der Waals surface area contributed by atoms with Crippen LogP contribution in [-0.4, -0.2) is 25.7 Å². The van der Waals surface area contributed by atoms with Crippen LogP contribution < -0.4 is 4.90 Å². The number of benzene rings is 1. The first-order valence-electron chi connectivity index (χ1n) is 8.29. The van der Waals surface area contributed by atoms with Gasteiger partial charge in [-0.25, -0.2) is 4.98 Å². The Morgan fingerprint density at radius 3 is 2.78 bits per heavy atom. The van der Waals surface area contributed by atoms with Crippen molar-refractivity contribution in [2.24, 2.45) is 7.05 Å². The molecule has 8 heteroatoms. The van der Waals surface area contributed by atoms with Crippen LogP contribution in [0.4, 0.5) is 5.13 Å². The molecule has 0 saturated heterocycles. The van der Waals surface area contributed by atoms with Gasteiger partial charge >= 0.3 is 0 Å². The number of carbonyl (C=O) groups is 1. The Kier molecular flexibility index (Phi) is 4.63. The summed E-state index contributed by atoms with van der Waals surface area (Å²) in [4.78, 5) is 23.8. The first-order chi connectivity index (χ1) is 13.0. The first kappa shape index (κ1) is 17.6. The van der Waals surface area contributed by atoms with Gasteiger partial charge in [0, 0.05) is 25.6 Å². The summed E-state index contributed by atoms with van der Waals surface area (Å²) in [5, 5.41) is 5.34. The summed E-state index contributed by atoms with van der Waals surface area (Å²) in [6.07, 6.45) is 5.06. The number of nitrogens with zero attached hydrogens (tertiary/aromatic N) is 5. The number of thiazole rings is 1. The number of aryl methyl sites for hydroxylation is 2. The van der Waals surface area contributed by atoms with Gasteiger partial charge in [-0.3, -0.25) is 19.4 Å². The lowest BCUT2D eigenvalue weighted by Crippen LogP contribution is -2.31. The lowest BCUT2D eigenvalue weighted by atomic mass is 10.2. The van der Waals surface area contributed by atoms with Crippen LogP contribution in [0.25, 0.3) is 10.2 Å². The number of aromatic nitrogens is 4. The molecule has 0 saturated carbocycles. The molecule has 0 radical (unpaired) electrons. The molecule has 1 aromatic carbocycles. The maximum absolute atomic E-state index is 13.3. The SMILES string of the molecule is Cc1ccc(Cl)c2sc(N(Cc3cccnc3)C(=O)c3ccnn3C)nc12. The van der Waals surface area contributed by atoms with Crippen LogP contribution in [0.5, 0.6) is 0 Å². The number of fused-ring (bicyclic) bond motifs is 1. The standard InChI is InChI=1S/C19H16ClN5OS/c1-12-5-6-14(20)17-16(12)23-19(27-17)25(11-13-4-3-8-21-10-13)18(26)15-7-9-22-24(15)2/h3-10H,11H2,1-2H3. The quantitative estimate of drug-likeness (QED) is 0.516. The van der Waals surface area contributed by atoms with Gasteiger partial charge in [0.1, 0.15) is 5.69 Å². The second-order valence-electron chi connectivity index (χ2n) is 6.13. The first-order valence-corrected chi connectivity index (χ1v) is 9.48. The van der Waals surface area contributed by atoms with E-state index >= 15 is 0 Å². The van der Waals surface area contributed by atoms with Crippen LogP contribution in [0.1, 0.15) is 21.6 Å². The van der Waals surface area contributed by atoms with Gasteiger partial charge in [-0.15, -0.1) is 0 Å². The zero-order valence-corrected chi connectivity index (χ0v) is 16.3. The van der Waals surface area contributed by atoms with Gasteiger partial charge in [0.2, 0.25) is 0 Å². The van der Waals surface area contributed by atoms with E-state index in [1.54, 1.807) is 41.3 Å². The summed E-state index contributed by atoms with van der Waals surface area (Å²) in [6, 6.07) is 9.27. The van der Waals surface area contributed by atoms with Crippen molar-refractivity contribution in [2.75, 3.05) is 4.90 Å². The molecular weight excluding hydrogens is 382 g/mol. The smallest absolute Gasteiger partial charge is 0.278 e. The topological polar surface area (TPSA) is 63.9 Å². The van der Waals surface area contributed by atoms with Gasteiger partial charge in [-0.05, 0) is 36.2 Å². The minimum atomic E-state index is -0.174. The average molecular weight is 398 g/mol. The molecule has 6 nitrogen and oxygen atoms in total. The molecule has 136 valence electrons. The molecule has 0 unspecified atom stereocenters. The normalized spacial score (nSPS) is 11.1. The van der Waals surface area contributed by atoms with Gasteiger partial charge < -0.3 is 0 Å². The molecule has 4 aromatic rings. The molecule has 1 amide bonds. The van der Waals surface area contributed by atoms with Crippen LogP contribution in [0.15, 0.2) is 48.9 Å². The second-order valence-corrected chi connectivity index (χ2v) is 7.52. The number of halogens is 1. The third-order valence-electron chi connectivity index (χ3n) is 4.27. The van der Waals surface area contributed by atoms with Crippen LogP contribution >= 0.6 is 22.9 Å². The van der Waals surface area contributed by atoms with Crippen molar-refractivity contribution in [2.45, 2.75) is 13.5 Å². The zero-order valence-electron chi connectivity index (χ0n) is 14.8. The van der Waals surface area contributed by atoms with Crippen LogP contribution in [0, 0.1) is 6.92 Å². The Balaban J connectivity index is 1.82. The molecule has 0 spiro atoms. The maximum Gasteiger partial charge on any atom is 0.278 e. The lowest BCUT2D eigenvalue weighted by molar-refractivity contribution is 0.0976. The molecular formula is C19H16ClN5OS. The zero-order chi connectivity index (χ0) is 19.0. The number of anilines is 1. The van der Waals surface area contributed by atoms with Crippen molar-refractivity contribution in [3.05, 3.63) is 70.8 Å². The van der Waals surface area contributed by atoms with Crippen LogP contribution in [0.3, 0.4) is 0 Å². The highest BCUT2D eigenvalue weighted by atomic mass is 35.5. The highest BCUT2D eigenvalue weighted by Gasteiger charge is 2.24. The molecule has 0 fully saturated rings. The van der Waals surface area contributed by atoms with E-state index in [0.29, 0.717) is 22.4 Å². The average Bonchev–Trinajstić information content (AvgIpc) is 3.30. The Morgan fingerprint density at radius 1 is 1.26 bits per heavy atom. The van der Waals surface area contributed by atoms with Gasteiger partial charge in [0.25, 0.3) is 5.91 Å². The van der Waals surface area contributed by atoms with Gasteiger partial charge in [-0.2, -0.15) is 5.10 Å². The molecule has 0 aliphatic carbocycles. The van der Waals surface area contributed by atoms with E-state index in [1.807, 2.05) is 31.2 Å². The van der Waals surface area contributed by atoms with Crippen LogP contribution in [0.2, 0.25) is 5.02 Å². The Morgan fingerprint density at radius 2 is 2.11 bits per heavy atom. The van der Waals surface area contributed by atoms with Crippen molar-refractivity contribution >= 4 is 44.2 Å². The molecule has 3 aromatic heterocycles. The van der Waals surface area contributed by atoms with Gasteiger partial charge in [0.15, 0.2) is 5.13 Å². The fraction of sp³-hybridized carbons (Fsp3) is 0.158. The number of carbonyl (C=O) groups excluding carboxylic acids is 1. The third kappa shape index (κ3) is 3.31. The molecule has 0 aliphatic heterocycles. The number of pyridine rings is 1. The van der Waals surface area contributed by atoms with E-state index in [9.17, 15) is 4.79 Å². The Labute approximate surface area is 165 Å². The van der Waals surface area contributed by atoms with E-state index in [4.69, 9.17) is 16.6 Å². The summed E-state index contributed by atoms with van der Waals surface area (Å²) >= 11 is 7.76. The monoisotopic (exact) mass is 397 g/mol. The van der Waals surface area contributed by atoms with Gasteiger partial charge in [-0.1, -0.05) is 35.1 Å². The van der Waals surface area contributed by atoms with Crippen molar-refractivity contribution in [3.8, 4) is 0 Å². The summed E-state index contributed by atoms with van der Waals surface area (Å²) < 4.78 is 2.44. The Hall–Kier alpha value is -2.77. The summed E-state index contributed by atoms with van der Waals surface area (Å²) in [6.45, 7) is 2.34. The fourth-order valence-electron chi connectivity index (χ4n) is 2.83. The molecule has 4 rings (SSSR count). The lowest BCUT2D eigenvalue weighted by Gasteiger charge is -2.19. The van der Waals surface area contributed by atoms with E-state index in [-0.39, 0.29) is 5.91 Å². The van der Waals surface area contributed by atoms with Crippen molar-refractivity contribution in [1.82, 2.24) is 19.7 Å². The largest absolute Gasteiger partial charge is 0.278 e. The molecule has 0 N–H and O–H groups in total. The molecule has 27 heavy (non-hydrogen) atoms. The summed E-state index contributed by atoms with van der Waals surface area (Å²) in [5.41, 5.74) is 3.23. The molecule has 0 bridgehead atoms. The predicted molar refractivity (Wildman–Crippen MR) is 107 cm³/mol. The predicted octanol–water partition coefficient (Wildman–Crippen LogP) is 4.23. The molecule has 0 aliphatic rings. The van der Waals surface area contributed by atoms with E-state index in [2.05, 4.69) is 10.1 Å². The number of amides is 1. The fourth-order valence-corrected chi connectivity index (χ4v) is 4.14. The van der Waals surface area contributed by atoms with Crippen molar-refractivity contribution < 1.29 is 4.79 Å². The maximum atomic E-state index is 13.3. The number of rotatable bonds is 4. The van der Waals surface area contributed by atoms with E-state index < -0.39 is 0 Å². The highest BCUT2D eigenvalue weighted by Crippen LogP contribution is 2.36. The molecule has 3 heterocycles. The third-order valence-corrected chi connectivity index (χ3v) is 5.80. The second kappa shape index (κ2) is 7.09. The van der Waals surface area contributed by atoms with Crippen molar-refractivity contribution in [3.63, 3.8) is 0 Å². The highest BCUT2D eigenvalue weighted by molar-refractivity contribution is 7.23. The minimum absolute atomic E-state index is 0.174. The number of hydrogen-bond acceptors (Lipinski definition) is 5. The molecule has 0 atom stereocenters. The summed E-state index contributed by atoms with van der Waals surface area (Å²) in [7, 11) is 1.74. The number of hydrogen-bond donors (Lipinski definition) is 0. The Bertz CT molecular complexity index is 1080. The summed E-state index contributed by atoms with van der Waals surface area (Å²) in [5.74, 6) is -0.174. The van der Waals surface area contributed by atoms with Crippen LogP contribution in [-0.2, 0) is 13.6 Å². The van der Waals surface area contributed by atoms with E-state index in [1.165, 1.54) is 11.3 Å². The minimum Gasteiger partial charge on any atom is -0.278 e. The van der Waals surface area contributed by atoms with E-state index in [0.717, 1.165) is 21.3 Å². The van der Waals surface area contributed by atoms with Gasteiger partial charge in [0.05, 0.1) is 21.8 Å².